The molecular weight excluding hydrogens is 448 g/mol. The molecule has 1 fully saturated rings. The summed E-state index contributed by atoms with van der Waals surface area (Å²) in [6.07, 6.45) is 0. The second-order valence-electron chi connectivity index (χ2n) is 7.35. The lowest BCUT2D eigenvalue weighted by atomic mass is 10.2. The molecule has 1 saturated heterocycles. The van der Waals surface area contributed by atoms with E-state index in [2.05, 4.69) is 0 Å². The lowest BCUT2D eigenvalue weighted by Crippen LogP contribution is -2.40. The van der Waals surface area contributed by atoms with Gasteiger partial charge in [0, 0.05) is 26.2 Å². The van der Waals surface area contributed by atoms with E-state index in [1.165, 1.54) is 29.6 Å². The van der Waals surface area contributed by atoms with Gasteiger partial charge in [0.05, 0.1) is 25.9 Å². The van der Waals surface area contributed by atoms with Gasteiger partial charge >= 0.3 is 5.97 Å². The molecule has 9 nitrogen and oxygen atoms in total. The van der Waals surface area contributed by atoms with E-state index in [1.54, 1.807) is 4.90 Å². The standard InChI is InChI=1S/C23H28N2O7S/c1-3-24(16-18-7-5-4-6-8-18)22(26)17-32-23(27)19-9-10-20(30-2)21(15-19)33(28,29)25-11-13-31-14-12-25/h4-10,15H,3,11-14,16-17H2,1-2H3. The first-order valence-electron chi connectivity index (χ1n) is 10.6. The van der Waals surface area contributed by atoms with Gasteiger partial charge in [-0.3, -0.25) is 4.79 Å². The van der Waals surface area contributed by atoms with Crippen molar-refractivity contribution in [2.45, 2.75) is 18.4 Å². The summed E-state index contributed by atoms with van der Waals surface area (Å²) >= 11 is 0. The Balaban J connectivity index is 1.70. The van der Waals surface area contributed by atoms with Gasteiger partial charge in [0.25, 0.3) is 5.91 Å². The first-order valence-corrected chi connectivity index (χ1v) is 12.1. The maximum atomic E-state index is 13.1. The average Bonchev–Trinajstić information content (AvgIpc) is 2.86. The van der Waals surface area contributed by atoms with E-state index in [-0.39, 0.29) is 35.2 Å². The highest BCUT2D eigenvalue weighted by Gasteiger charge is 2.30. The normalized spacial score (nSPS) is 14.5. The van der Waals surface area contributed by atoms with E-state index < -0.39 is 22.6 Å². The van der Waals surface area contributed by atoms with Gasteiger partial charge in [-0.1, -0.05) is 30.3 Å². The summed E-state index contributed by atoms with van der Waals surface area (Å²) in [6.45, 7) is 3.26. The molecule has 0 N–H and O–H groups in total. The number of carbonyl (C=O) groups excluding carboxylic acids is 2. The zero-order valence-corrected chi connectivity index (χ0v) is 19.5. The number of likely N-dealkylation sites (N-methyl/N-ethyl adjacent to an activating group) is 1. The molecule has 0 unspecified atom stereocenters. The number of carbonyl (C=O) groups is 2. The first-order chi connectivity index (χ1) is 15.9. The van der Waals surface area contributed by atoms with E-state index in [0.717, 1.165) is 5.56 Å². The minimum absolute atomic E-state index is 0.0153. The van der Waals surface area contributed by atoms with Crippen molar-refractivity contribution in [2.75, 3.05) is 46.6 Å². The van der Waals surface area contributed by atoms with Gasteiger partial charge in [-0.2, -0.15) is 4.31 Å². The van der Waals surface area contributed by atoms with Crippen LogP contribution in [0.3, 0.4) is 0 Å². The molecule has 33 heavy (non-hydrogen) atoms. The molecule has 0 atom stereocenters. The van der Waals surface area contributed by atoms with Crippen LogP contribution in [0.15, 0.2) is 53.4 Å². The molecule has 178 valence electrons. The minimum atomic E-state index is -3.90. The van der Waals surface area contributed by atoms with Crippen LogP contribution in [0.4, 0.5) is 0 Å². The lowest BCUT2D eigenvalue weighted by molar-refractivity contribution is -0.134. The predicted octanol–water partition coefficient (Wildman–Crippen LogP) is 1.92. The Kier molecular flexibility index (Phi) is 8.43. The fraction of sp³-hybridized carbons (Fsp3) is 0.391. The topological polar surface area (TPSA) is 102 Å². The highest BCUT2D eigenvalue weighted by Crippen LogP contribution is 2.28. The van der Waals surface area contributed by atoms with Crippen molar-refractivity contribution >= 4 is 21.9 Å². The Labute approximate surface area is 193 Å². The number of morpholine rings is 1. The highest BCUT2D eigenvalue weighted by atomic mass is 32.2. The summed E-state index contributed by atoms with van der Waals surface area (Å²) in [4.78, 5) is 26.6. The quantitative estimate of drug-likeness (QED) is 0.510. The maximum Gasteiger partial charge on any atom is 0.338 e. The number of methoxy groups -OCH3 is 1. The maximum absolute atomic E-state index is 13.1. The number of benzene rings is 2. The minimum Gasteiger partial charge on any atom is -0.495 e. The monoisotopic (exact) mass is 476 g/mol. The van der Waals surface area contributed by atoms with E-state index >= 15 is 0 Å². The van der Waals surface area contributed by atoms with Crippen molar-refractivity contribution in [2.24, 2.45) is 0 Å². The Hall–Kier alpha value is -2.95. The van der Waals surface area contributed by atoms with E-state index in [1.807, 2.05) is 37.3 Å². The summed E-state index contributed by atoms with van der Waals surface area (Å²) in [5.41, 5.74) is 0.980. The Morgan fingerprint density at radius 2 is 1.79 bits per heavy atom. The molecule has 0 spiro atoms. The van der Waals surface area contributed by atoms with Crippen molar-refractivity contribution in [3.05, 3.63) is 59.7 Å². The van der Waals surface area contributed by atoms with Crippen molar-refractivity contribution in [3.63, 3.8) is 0 Å². The molecule has 0 radical (unpaired) electrons. The number of esters is 1. The number of amides is 1. The molecule has 2 aromatic carbocycles. The molecule has 1 aliphatic heterocycles. The first kappa shape index (κ1) is 24.7. The smallest absolute Gasteiger partial charge is 0.338 e. The summed E-state index contributed by atoms with van der Waals surface area (Å²) < 4.78 is 43.1. The third-order valence-corrected chi connectivity index (χ3v) is 7.18. The van der Waals surface area contributed by atoms with Gasteiger partial charge in [0.2, 0.25) is 10.0 Å². The molecule has 0 saturated carbocycles. The lowest BCUT2D eigenvalue weighted by Gasteiger charge is -2.26. The summed E-state index contributed by atoms with van der Waals surface area (Å²) in [6, 6.07) is 13.5. The van der Waals surface area contributed by atoms with Crippen molar-refractivity contribution in [1.29, 1.82) is 0 Å². The number of hydrogen-bond donors (Lipinski definition) is 0. The molecule has 0 aromatic heterocycles. The molecule has 10 heteroatoms. The van der Waals surface area contributed by atoms with Crippen LogP contribution in [0.2, 0.25) is 0 Å². The van der Waals surface area contributed by atoms with Gasteiger partial charge < -0.3 is 19.1 Å². The Bertz CT molecular complexity index is 1070. The van der Waals surface area contributed by atoms with Crippen molar-refractivity contribution < 1.29 is 32.2 Å². The van der Waals surface area contributed by atoms with Gasteiger partial charge in [0.15, 0.2) is 6.61 Å². The largest absolute Gasteiger partial charge is 0.495 e. The zero-order valence-electron chi connectivity index (χ0n) is 18.7. The fourth-order valence-corrected chi connectivity index (χ4v) is 5.00. The predicted molar refractivity (Wildman–Crippen MR) is 120 cm³/mol. The second-order valence-corrected chi connectivity index (χ2v) is 9.26. The van der Waals surface area contributed by atoms with Crippen molar-refractivity contribution in [1.82, 2.24) is 9.21 Å². The van der Waals surface area contributed by atoms with E-state index in [4.69, 9.17) is 14.2 Å². The summed E-state index contributed by atoms with van der Waals surface area (Å²) in [7, 11) is -2.54. The molecule has 1 amide bonds. The van der Waals surface area contributed by atoms with E-state index in [9.17, 15) is 18.0 Å². The van der Waals surface area contributed by atoms with E-state index in [0.29, 0.717) is 26.3 Å². The van der Waals surface area contributed by atoms with Crippen LogP contribution in [-0.4, -0.2) is 76.1 Å². The average molecular weight is 477 g/mol. The Morgan fingerprint density at radius 1 is 1.09 bits per heavy atom. The highest BCUT2D eigenvalue weighted by molar-refractivity contribution is 7.89. The van der Waals surface area contributed by atoms with Gasteiger partial charge in [0.1, 0.15) is 10.6 Å². The SMILES string of the molecule is CCN(Cc1ccccc1)C(=O)COC(=O)c1ccc(OC)c(S(=O)(=O)N2CCOCC2)c1. The van der Waals surface area contributed by atoms with Crippen LogP contribution >= 0.6 is 0 Å². The third-order valence-electron chi connectivity index (χ3n) is 5.26. The van der Waals surface area contributed by atoms with Crippen LogP contribution < -0.4 is 4.74 Å². The molecule has 3 rings (SSSR count). The molecule has 1 heterocycles. The van der Waals surface area contributed by atoms with Crippen LogP contribution in [0.5, 0.6) is 5.75 Å². The molecule has 0 bridgehead atoms. The zero-order chi connectivity index (χ0) is 23.8. The molecule has 1 aliphatic rings. The number of rotatable bonds is 9. The number of hydrogen-bond acceptors (Lipinski definition) is 7. The van der Waals surface area contributed by atoms with Crippen LogP contribution in [0, 0.1) is 0 Å². The molecular formula is C23H28N2O7S. The number of nitrogens with zero attached hydrogens (tertiary/aromatic N) is 2. The number of ether oxygens (including phenoxy) is 3. The van der Waals surface area contributed by atoms with Gasteiger partial charge in [-0.25, -0.2) is 13.2 Å². The third kappa shape index (κ3) is 6.10. The number of sulfonamides is 1. The summed E-state index contributed by atoms with van der Waals surface area (Å²) in [5, 5.41) is 0. The molecule has 0 aliphatic carbocycles. The summed E-state index contributed by atoms with van der Waals surface area (Å²) in [5.74, 6) is -1.02. The van der Waals surface area contributed by atoms with Gasteiger partial charge in [-0.05, 0) is 30.7 Å². The van der Waals surface area contributed by atoms with Gasteiger partial charge in [-0.15, -0.1) is 0 Å². The fourth-order valence-electron chi connectivity index (χ4n) is 3.41. The Morgan fingerprint density at radius 3 is 2.42 bits per heavy atom. The molecule has 2 aromatic rings. The van der Waals surface area contributed by atoms with Crippen LogP contribution in [0.1, 0.15) is 22.8 Å². The van der Waals surface area contributed by atoms with Crippen LogP contribution in [-0.2, 0) is 30.8 Å². The second kappa shape index (κ2) is 11.3. The van der Waals surface area contributed by atoms with Crippen LogP contribution in [0.25, 0.3) is 0 Å². The van der Waals surface area contributed by atoms with Crippen molar-refractivity contribution in [3.8, 4) is 5.75 Å².